The molecule has 0 radical (unpaired) electrons. The van der Waals surface area contributed by atoms with Gasteiger partial charge in [-0.1, -0.05) is 36.4 Å². The average Bonchev–Trinajstić information content (AvgIpc) is 2.93. The summed E-state index contributed by atoms with van der Waals surface area (Å²) in [7, 11) is 0. The van der Waals surface area contributed by atoms with Crippen LogP contribution in [0.1, 0.15) is 41.6 Å². The molecule has 1 amide bonds. The number of carboxylic acids is 1. The summed E-state index contributed by atoms with van der Waals surface area (Å²) < 4.78 is 16.4. The number of carboxylic acid groups (broad SMARTS) is 2. The molecule has 1 aliphatic rings. The third kappa shape index (κ3) is 8.13. The zero-order valence-corrected chi connectivity index (χ0v) is 22.0. The van der Waals surface area contributed by atoms with Gasteiger partial charge >= 0.3 is 12.1 Å². The first-order valence-corrected chi connectivity index (χ1v) is 13.1. The lowest BCUT2D eigenvalue weighted by atomic mass is 10.1. The normalized spacial score (nSPS) is 14.0. The number of benzene rings is 3. The third-order valence-electron chi connectivity index (χ3n) is 6.34. The number of anilines is 2. The number of aryl methyl sites for hydroxylation is 1. The summed E-state index contributed by atoms with van der Waals surface area (Å²) in [5, 5.41) is 20.9. The van der Waals surface area contributed by atoms with Crippen LogP contribution < -0.4 is 19.7 Å². The first kappa shape index (κ1) is 28.3. The lowest BCUT2D eigenvalue weighted by molar-refractivity contribution is -0.137. The fourth-order valence-corrected chi connectivity index (χ4v) is 4.41. The van der Waals surface area contributed by atoms with E-state index in [1.54, 1.807) is 47.4 Å². The second-order valence-corrected chi connectivity index (χ2v) is 9.30. The standard InChI is InChI=1S/C30H32N2O8/c33-26(34)13-7-18-32-20-27(40-30(36)37)39-28-24(11-6-12-25(28)32)31-29(35)22-14-16-23(17-15-22)38-19-5-4-10-21-8-2-1-3-9-21/h1-3,6,8-9,11-12,14-17,27H,4-5,7,10,13,18-20H2,(H,31,35)(H,33,34)(H,36,37)/t27-/m1/s1. The lowest BCUT2D eigenvalue weighted by Gasteiger charge is -2.36. The number of ether oxygens (including phenoxy) is 3. The van der Waals surface area contributed by atoms with Gasteiger partial charge in [0, 0.05) is 18.5 Å². The van der Waals surface area contributed by atoms with Gasteiger partial charge in [-0.05, 0) is 67.6 Å². The van der Waals surface area contributed by atoms with E-state index < -0.39 is 18.4 Å². The molecule has 0 spiro atoms. The molecule has 40 heavy (non-hydrogen) atoms. The van der Waals surface area contributed by atoms with Crippen molar-refractivity contribution in [2.24, 2.45) is 0 Å². The van der Waals surface area contributed by atoms with Gasteiger partial charge in [0.25, 0.3) is 12.2 Å². The van der Waals surface area contributed by atoms with Crippen LogP contribution in [0.25, 0.3) is 0 Å². The number of nitrogens with one attached hydrogen (secondary N) is 1. The fraction of sp³-hybridized carbons (Fsp3) is 0.300. The number of nitrogens with zero attached hydrogens (tertiary/aromatic N) is 1. The summed E-state index contributed by atoms with van der Waals surface area (Å²) in [5.74, 6) is -0.390. The van der Waals surface area contributed by atoms with Crippen molar-refractivity contribution in [3.63, 3.8) is 0 Å². The number of rotatable bonds is 13. The second-order valence-electron chi connectivity index (χ2n) is 9.30. The van der Waals surface area contributed by atoms with E-state index in [-0.39, 0.29) is 24.6 Å². The molecule has 10 nitrogen and oxygen atoms in total. The van der Waals surface area contributed by atoms with Crippen molar-refractivity contribution in [1.29, 1.82) is 0 Å². The highest BCUT2D eigenvalue weighted by atomic mass is 16.8. The Morgan fingerprint density at radius 2 is 1.70 bits per heavy atom. The van der Waals surface area contributed by atoms with E-state index in [9.17, 15) is 14.4 Å². The average molecular weight is 549 g/mol. The number of carbonyl (C=O) groups is 3. The molecule has 1 heterocycles. The van der Waals surface area contributed by atoms with E-state index in [4.69, 9.17) is 24.4 Å². The number of para-hydroxylation sites is 1. The zero-order valence-electron chi connectivity index (χ0n) is 22.0. The van der Waals surface area contributed by atoms with Crippen LogP contribution in [0.5, 0.6) is 11.5 Å². The Kier molecular flexibility index (Phi) is 9.82. The van der Waals surface area contributed by atoms with Gasteiger partial charge < -0.3 is 34.6 Å². The molecular weight excluding hydrogens is 516 g/mol. The monoisotopic (exact) mass is 548 g/mol. The van der Waals surface area contributed by atoms with Crippen molar-refractivity contribution in [2.75, 3.05) is 29.9 Å². The minimum Gasteiger partial charge on any atom is -0.494 e. The van der Waals surface area contributed by atoms with Crippen LogP contribution in [-0.2, 0) is 16.0 Å². The van der Waals surface area contributed by atoms with Crippen molar-refractivity contribution < 1.29 is 38.8 Å². The molecular formula is C30H32N2O8. The molecule has 1 aliphatic heterocycles. The number of hydrogen-bond donors (Lipinski definition) is 3. The molecule has 0 saturated heterocycles. The lowest BCUT2D eigenvalue weighted by Crippen LogP contribution is -2.43. The van der Waals surface area contributed by atoms with Crippen LogP contribution >= 0.6 is 0 Å². The SMILES string of the molecule is O=C(O)CCCN1C[C@@H](OC(=O)O)Oc2c(NC(=O)c3ccc(OCCCCc4ccccc4)cc3)cccc21. The molecule has 210 valence electrons. The van der Waals surface area contributed by atoms with Gasteiger partial charge in [-0.25, -0.2) is 4.79 Å². The summed E-state index contributed by atoms with van der Waals surface area (Å²) in [5.41, 5.74) is 2.65. The largest absolute Gasteiger partial charge is 0.508 e. The number of aliphatic carboxylic acids is 1. The fourth-order valence-electron chi connectivity index (χ4n) is 4.41. The van der Waals surface area contributed by atoms with Gasteiger partial charge in [0.1, 0.15) is 5.75 Å². The Morgan fingerprint density at radius 1 is 0.925 bits per heavy atom. The highest BCUT2D eigenvalue weighted by Crippen LogP contribution is 2.40. The zero-order chi connectivity index (χ0) is 28.3. The molecule has 4 rings (SSSR count). The minimum atomic E-state index is -1.50. The highest BCUT2D eigenvalue weighted by molar-refractivity contribution is 6.05. The first-order valence-electron chi connectivity index (χ1n) is 13.1. The molecule has 0 aromatic heterocycles. The summed E-state index contributed by atoms with van der Waals surface area (Å²) in [6.45, 7) is 1.01. The number of unbranched alkanes of at least 4 members (excludes halogenated alkanes) is 1. The Labute approximate surface area is 232 Å². The Hall–Kier alpha value is -4.73. The third-order valence-corrected chi connectivity index (χ3v) is 6.34. The Morgan fingerprint density at radius 3 is 2.42 bits per heavy atom. The van der Waals surface area contributed by atoms with E-state index in [1.807, 2.05) is 18.2 Å². The minimum absolute atomic E-state index is 0.0407. The summed E-state index contributed by atoms with van der Waals surface area (Å²) >= 11 is 0. The van der Waals surface area contributed by atoms with Crippen LogP contribution in [-0.4, -0.2) is 54.2 Å². The predicted molar refractivity (Wildman–Crippen MR) is 148 cm³/mol. The number of hydrogen-bond acceptors (Lipinski definition) is 7. The molecule has 0 bridgehead atoms. The van der Waals surface area contributed by atoms with Crippen molar-refractivity contribution >= 4 is 29.4 Å². The molecule has 0 fully saturated rings. The van der Waals surface area contributed by atoms with Crippen molar-refractivity contribution in [1.82, 2.24) is 0 Å². The van der Waals surface area contributed by atoms with Gasteiger partial charge in [0.2, 0.25) is 0 Å². The summed E-state index contributed by atoms with van der Waals surface area (Å²) in [4.78, 5) is 36.9. The van der Waals surface area contributed by atoms with Gasteiger partial charge in [-0.3, -0.25) is 9.59 Å². The quantitative estimate of drug-likeness (QED) is 0.189. The van der Waals surface area contributed by atoms with Crippen LogP contribution in [0.2, 0.25) is 0 Å². The van der Waals surface area contributed by atoms with E-state index in [0.717, 1.165) is 19.3 Å². The predicted octanol–water partition coefficient (Wildman–Crippen LogP) is 5.42. The van der Waals surface area contributed by atoms with Gasteiger partial charge in [0.05, 0.1) is 24.5 Å². The van der Waals surface area contributed by atoms with Gasteiger partial charge in [-0.15, -0.1) is 0 Å². The molecule has 1 atom stereocenters. The van der Waals surface area contributed by atoms with Crippen LogP contribution in [0.3, 0.4) is 0 Å². The Balaban J connectivity index is 1.36. The maximum Gasteiger partial charge on any atom is 0.508 e. The van der Waals surface area contributed by atoms with E-state index >= 15 is 0 Å². The van der Waals surface area contributed by atoms with Crippen LogP contribution in [0.15, 0.2) is 72.8 Å². The number of amides is 1. The first-order chi connectivity index (χ1) is 19.4. The molecule has 3 N–H and O–H groups in total. The molecule has 0 aliphatic carbocycles. The van der Waals surface area contributed by atoms with E-state index in [2.05, 4.69) is 17.4 Å². The van der Waals surface area contributed by atoms with E-state index in [1.165, 1.54) is 5.56 Å². The summed E-state index contributed by atoms with van der Waals surface area (Å²) in [6, 6.07) is 22.2. The topological polar surface area (TPSA) is 135 Å². The van der Waals surface area contributed by atoms with Crippen LogP contribution in [0, 0.1) is 0 Å². The highest BCUT2D eigenvalue weighted by Gasteiger charge is 2.30. The second kappa shape index (κ2) is 13.9. The van der Waals surface area contributed by atoms with E-state index in [0.29, 0.717) is 42.3 Å². The van der Waals surface area contributed by atoms with Crippen molar-refractivity contribution in [3.8, 4) is 11.5 Å². The maximum atomic E-state index is 13.0. The molecule has 3 aromatic carbocycles. The van der Waals surface area contributed by atoms with Crippen molar-refractivity contribution in [3.05, 3.63) is 83.9 Å². The number of carbonyl (C=O) groups excluding carboxylic acids is 1. The molecule has 0 saturated carbocycles. The van der Waals surface area contributed by atoms with Crippen LogP contribution in [0.4, 0.5) is 16.2 Å². The maximum absolute atomic E-state index is 13.0. The Bertz CT molecular complexity index is 1300. The molecule has 3 aromatic rings. The smallest absolute Gasteiger partial charge is 0.494 e. The van der Waals surface area contributed by atoms with Gasteiger partial charge in [-0.2, -0.15) is 0 Å². The molecule has 0 unspecified atom stereocenters. The molecule has 10 heteroatoms. The van der Waals surface area contributed by atoms with Crippen molar-refractivity contribution in [2.45, 2.75) is 38.4 Å². The number of fused-ring (bicyclic) bond motifs is 1. The summed E-state index contributed by atoms with van der Waals surface area (Å²) in [6.07, 6.45) is 0.586. The van der Waals surface area contributed by atoms with Gasteiger partial charge in [0.15, 0.2) is 5.75 Å².